The minimum atomic E-state index is -0.803. The van der Waals surface area contributed by atoms with Gasteiger partial charge in [-0.25, -0.2) is 9.79 Å². The van der Waals surface area contributed by atoms with Gasteiger partial charge in [0.1, 0.15) is 18.4 Å². The molecule has 4 aromatic rings. The van der Waals surface area contributed by atoms with E-state index in [1.807, 2.05) is 38.1 Å². The monoisotopic (exact) mass is 748 g/mol. The normalized spacial score (nSPS) is 14.8. The summed E-state index contributed by atoms with van der Waals surface area (Å²) in [4.78, 5) is 32.5. The van der Waals surface area contributed by atoms with Crippen LogP contribution in [0.25, 0.3) is 6.08 Å². The summed E-state index contributed by atoms with van der Waals surface area (Å²) in [5.74, 6) is 0.455. The number of carbonyl (C=O) groups excluding carboxylic acids is 1. The first-order valence-electron chi connectivity index (χ1n) is 14.0. The minimum absolute atomic E-state index is 0.128. The summed E-state index contributed by atoms with van der Waals surface area (Å²) in [5, 5.41) is 1.36. The molecule has 0 radical (unpaired) electrons. The summed E-state index contributed by atoms with van der Waals surface area (Å²) in [7, 11) is 0. The number of benzene rings is 3. The van der Waals surface area contributed by atoms with Crippen LogP contribution in [0.4, 0.5) is 0 Å². The van der Waals surface area contributed by atoms with E-state index in [-0.39, 0.29) is 30.5 Å². The second-order valence-electron chi connectivity index (χ2n) is 10.3. The van der Waals surface area contributed by atoms with Crippen molar-refractivity contribution in [2.75, 3.05) is 6.61 Å². The van der Waals surface area contributed by atoms with Crippen LogP contribution < -0.4 is 24.4 Å². The minimum Gasteiger partial charge on any atom is -0.491 e. The number of rotatable bonds is 9. The highest BCUT2D eigenvalue weighted by molar-refractivity contribution is 9.10. The van der Waals surface area contributed by atoms with Crippen molar-refractivity contribution < 1.29 is 19.0 Å². The van der Waals surface area contributed by atoms with Gasteiger partial charge < -0.3 is 14.2 Å². The third-order valence-corrected chi connectivity index (χ3v) is 9.24. The first kappa shape index (κ1) is 33.3. The first-order chi connectivity index (χ1) is 21.5. The fraction of sp³-hybridized carbons (Fsp3) is 0.242. The molecule has 234 valence electrons. The molecule has 0 fully saturated rings. The van der Waals surface area contributed by atoms with Crippen LogP contribution in [-0.2, 0) is 16.1 Å². The number of nitrogens with zero attached hydrogens (tertiary/aromatic N) is 2. The molecule has 7 nitrogen and oxygen atoms in total. The predicted molar refractivity (Wildman–Crippen MR) is 183 cm³/mol. The van der Waals surface area contributed by atoms with Crippen LogP contribution in [0.3, 0.4) is 0 Å². The molecule has 1 atom stereocenters. The molecule has 3 aromatic carbocycles. The van der Waals surface area contributed by atoms with Crippen LogP contribution in [0.1, 0.15) is 50.4 Å². The molecule has 1 aliphatic rings. The van der Waals surface area contributed by atoms with Gasteiger partial charge in [0.15, 0.2) is 10.6 Å². The molecule has 0 bridgehead atoms. The van der Waals surface area contributed by atoms with Crippen molar-refractivity contribution in [3.05, 3.63) is 122 Å². The summed E-state index contributed by atoms with van der Waals surface area (Å²) in [5.41, 5.74) is 2.51. The number of fused-ring (bicyclic) bond motifs is 1. The van der Waals surface area contributed by atoms with Gasteiger partial charge in [-0.3, -0.25) is 9.36 Å². The van der Waals surface area contributed by atoms with Crippen molar-refractivity contribution in [1.29, 1.82) is 0 Å². The van der Waals surface area contributed by atoms with Gasteiger partial charge in [0.25, 0.3) is 5.56 Å². The van der Waals surface area contributed by atoms with Crippen LogP contribution >= 0.6 is 62.1 Å². The number of halogens is 4. The van der Waals surface area contributed by atoms with E-state index in [0.29, 0.717) is 57.2 Å². The zero-order valence-corrected chi connectivity index (χ0v) is 29.4. The lowest BCUT2D eigenvalue weighted by molar-refractivity contribution is -0.139. The summed E-state index contributed by atoms with van der Waals surface area (Å²) in [6, 6.07) is 15.3. The van der Waals surface area contributed by atoms with Gasteiger partial charge in [-0.1, -0.05) is 70.4 Å². The SMILES string of the molecule is CCOC(=O)C1=C(C)N=c2s/c(=C/c3cc(Cl)c(OCc4ccc(Cl)cc4Cl)c(Br)c3)c(=O)n2[C@H]1c1ccccc1OC(C)C. The van der Waals surface area contributed by atoms with Gasteiger partial charge in [-0.2, -0.15) is 0 Å². The van der Waals surface area contributed by atoms with Gasteiger partial charge in [-0.15, -0.1) is 0 Å². The third kappa shape index (κ3) is 7.18. The quantitative estimate of drug-likeness (QED) is 0.163. The Balaban J connectivity index is 1.58. The van der Waals surface area contributed by atoms with E-state index in [1.54, 1.807) is 50.3 Å². The number of ether oxygens (including phenoxy) is 3. The number of hydrogen-bond acceptors (Lipinski definition) is 7. The summed E-state index contributed by atoms with van der Waals surface area (Å²) in [6.45, 7) is 7.68. The highest BCUT2D eigenvalue weighted by Gasteiger charge is 2.35. The maximum atomic E-state index is 14.1. The Morgan fingerprint density at radius 3 is 2.56 bits per heavy atom. The molecule has 0 N–H and O–H groups in total. The average molecular weight is 751 g/mol. The molecule has 12 heteroatoms. The lowest BCUT2D eigenvalue weighted by Crippen LogP contribution is -2.40. The van der Waals surface area contributed by atoms with Crippen LogP contribution in [0.15, 0.2) is 80.1 Å². The lowest BCUT2D eigenvalue weighted by atomic mass is 9.95. The Labute approximate surface area is 287 Å². The molecule has 0 aliphatic carbocycles. The van der Waals surface area contributed by atoms with Crippen molar-refractivity contribution in [2.24, 2.45) is 4.99 Å². The largest absolute Gasteiger partial charge is 0.491 e. The maximum Gasteiger partial charge on any atom is 0.338 e. The van der Waals surface area contributed by atoms with Gasteiger partial charge in [0.2, 0.25) is 0 Å². The summed E-state index contributed by atoms with van der Waals surface area (Å²) >= 11 is 23.7. The van der Waals surface area contributed by atoms with Crippen molar-refractivity contribution in [3.8, 4) is 11.5 Å². The predicted octanol–water partition coefficient (Wildman–Crippen LogP) is 7.89. The highest BCUT2D eigenvalue weighted by atomic mass is 79.9. The Bertz CT molecular complexity index is 1980. The number of thiazole rings is 1. The molecule has 5 rings (SSSR count). The van der Waals surface area contributed by atoms with Crippen LogP contribution in [0.2, 0.25) is 15.1 Å². The number of esters is 1. The molecule has 0 unspecified atom stereocenters. The fourth-order valence-electron chi connectivity index (χ4n) is 4.89. The third-order valence-electron chi connectivity index (χ3n) is 6.80. The molecule has 0 saturated carbocycles. The number of para-hydroxylation sites is 1. The van der Waals surface area contributed by atoms with Gasteiger partial charge in [0.05, 0.1) is 38.0 Å². The number of aromatic nitrogens is 1. The van der Waals surface area contributed by atoms with Crippen LogP contribution in [0, 0.1) is 0 Å². The standard InChI is InChI=1S/C33H28BrCl3N2O5S/c1-5-42-32(41)28-18(4)38-33-39(29(28)22-8-6-7-9-26(22)44-17(2)3)31(40)27(45-33)14-19-12-23(34)30(25(37)13-19)43-16-20-10-11-21(35)15-24(20)36/h6-15,17,29H,5,16H2,1-4H3/b27-14+/t29-/m0/s1. The van der Waals surface area contributed by atoms with Crippen molar-refractivity contribution in [3.63, 3.8) is 0 Å². The van der Waals surface area contributed by atoms with Crippen LogP contribution in [-0.4, -0.2) is 23.2 Å². The maximum absolute atomic E-state index is 14.1. The number of carbonyl (C=O) groups is 1. The number of allylic oxidation sites excluding steroid dienone is 1. The molecule has 0 amide bonds. The molecule has 1 aromatic heterocycles. The van der Waals surface area contributed by atoms with E-state index in [4.69, 9.17) is 49.0 Å². The van der Waals surface area contributed by atoms with Gasteiger partial charge in [0, 0.05) is 21.2 Å². The molecule has 0 spiro atoms. The van der Waals surface area contributed by atoms with Crippen molar-refractivity contribution >= 4 is 74.1 Å². The Morgan fingerprint density at radius 1 is 1.11 bits per heavy atom. The molecule has 45 heavy (non-hydrogen) atoms. The van der Waals surface area contributed by atoms with E-state index in [9.17, 15) is 9.59 Å². The molecular formula is C33H28BrCl3N2O5S. The van der Waals surface area contributed by atoms with Gasteiger partial charge >= 0.3 is 5.97 Å². The topological polar surface area (TPSA) is 79.1 Å². The van der Waals surface area contributed by atoms with Crippen molar-refractivity contribution in [2.45, 2.75) is 46.4 Å². The smallest absolute Gasteiger partial charge is 0.338 e. The molecular weight excluding hydrogens is 723 g/mol. The molecule has 0 saturated heterocycles. The summed E-state index contributed by atoms with van der Waals surface area (Å²) in [6.07, 6.45) is 1.61. The second-order valence-corrected chi connectivity index (χ2v) is 13.5. The highest BCUT2D eigenvalue weighted by Crippen LogP contribution is 2.37. The average Bonchev–Trinajstić information content (AvgIpc) is 3.26. The van der Waals surface area contributed by atoms with E-state index in [0.717, 1.165) is 5.56 Å². The number of hydrogen-bond donors (Lipinski definition) is 0. The van der Waals surface area contributed by atoms with E-state index in [2.05, 4.69) is 20.9 Å². The van der Waals surface area contributed by atoms with E-state index < -0.39 is 12.0 Å². The van der Waals surface area contributed by atoms with E-state index >= 15 is 0 Å². The molecule has 1 aliphatic heterocycles. The Hall–Kier alpha value is -3.08. The molecule has 2 heterocycles. The van der Waals surface area contributed by atoms with Crippen molar-refractivity contribution in [1.82, 2.24) is 4.57 Å². The second kappa shape index (κ2) is 14.1. The van der Waals surface area contributed by atoms with Crippen LogP contribution in [0.5, 0.6) is 11.5 Å². The van der Waals surface area contributed by atoms with E-state index in [1.165, 1.54) is 15.9 Å². The fourth-order valence-corrected chi connectivity index (χ4v) is 7.39. The van der Waals surface area contributed by atoms with Gasteiger partial charge in [-0.05, 0) is 85.6 Å². The zero-order chi connectivity index (χ0) is 32.4. The lowest BCUT2D eigenvalue weighted by Gasteiger charge is -2.26. The summed E-state index contributed by atoms with van der Waals surface area (Å²) < 4.78 is 20.0. The zero-order valence-electron chi connectivity index (χ0n) is 24.7. The first-order valence-corrected chi connectivity index (χ1v) is 16.7. The Kier molecular flexibility index (Phi) is 10.5. The Morgan fingerprint density at radius 2 is 1.87 bits per heavy atom.